The van der Waals surface area contributed by atoms with E-state index in [1.165, 1.54) is 47.2 Å². The van der Waals surface area contributed by atoms with Gasteiger partial charge in [-0.3, -0.25) is 0 Å². The molecule has 0 bridgehead atoms. The summed E-state index contributed by atoms with van der Waals surface area (Å²) in [7, 11) is -0.0504. The molecule has 0 N–H and O–H groups in total. The van der Waals surface area contributed by atoms with E-state index in [2.05, 4.69) is 128 Å². The minimum absolute atomic E-state index is 0. The Labute approximate surface area is 245 Å². The van der Waals surface area contributed by atoms with Crippen molar-refractivity contribution in [2.24, 2.45) is 0 Å². The monoisotopic (exact) mass is 566 g/mol. The van der Waals surface area contributed by atoms with Gasteiger partial charge in [0.25, 0.3) is 0 Å². The number of hydrogen-bond acceptors (Lipinski definition) is 0. The van der Waals surface area contributed by atoms with Crippen LogP contribution in [0.3, 0.4) is 0 Å². The van der Waals surface area contributed by atoms with Crippen LogP contribution in [0.5, 0.6) is 0 Å². The number of rotatable bonds is 10. The molecule has 4 aromatic carbocycles. The Morgan fingerprint density at radius 3 is 1.11 bits per heavy atom. The molecular weight excluding hydrogens is 518 g/mol. The second kappa shape index (κ2) is 15.7. The summed E-state index contributed by atoms with van der Waals surface area (Å²) < 4.78 is 0. The van der Waals surface area contributed by atoms with E-state index in [9.17, 15) is 0 Å². The third-order valence-electron chi connectivity index (χ3n) is 8.06. The zero-order valence-electron chi connectivity index (χ0n) is 24.5. The SMILES string of the molecule is CCC(C)P(c1cc2ccccc2[cH-]1)C(C)CC.CCC(C)P(c1cc2ccccc2[cH-]1)C(C)CC.[Ti+2]. The quantitative estimate of drug-likeness (QED) is 0.102. The molecular formula is C34H48P2Ti. The van der Waals surface area contributed by atoms with Crippen molar-refractivity contribution in [2.75, 3.05) is 0 Å². The minimum atomic E-state index is -0.0252. The fourth-order valence-corrected chi connectivity index (χ4v) is 11.7. The van der Waals surface area contributed by atoms with E-state index in [1.807, 2.05) is 0 Å². The van der Waals surface area contributed by atoms with E-state index in [0.717, 1.165) is 22.6 Å². The molecule has 0 saturated carbocycles. The van der Waals surface area contributed by atoms with Crippen molar-refractivity contribution in [3.63, 3.8) is 0 Å². The largest absolute Gasteiger partial charge is 2.00 e. The van der Waals surface area contributed by atoms with E-state index in [4.69, 9.17) is 0 Å². The van der Waals surface area contributed by atoms with Crippen molar-refractivity contribution in [3.05, 3.63) is 72.8 Å². The number of benzene rings is 2. The fraction of sp³-hybridized carbons (Fsp3) is 0.471. The van der Waals surface area contributed by atoms with Gasteiger partial charge in [0.05, 0.1) is 0 Å². The third-order valence-corrected chi connectivity index (χ3v) is 15.0. The summed E-state index contributed by atoms with van der Waals surface area (Å²) in [5.41, 5.74) is 3.30. The van der Waals surface area contributed by atoms with Crippen molar-refractivity contribution in [3.8, 4) is 0 Å². The zero-order valence-corrected chi connectivity index (χ0v) is 27.8. The summed E-state index contributed by atoms with van der Waals surface area (Å²) in [6, 6.07) is 27.2. The maximum Gasteiger partial charge on any atom is 2.00 e. The van der Waals surface area contributed by atoms with Gasteiger partial charge in [-0.15, -0.1) is 80.7 Å². The molecule has 4 unspecified atom stereocenters. The van der Waals surface area contributed by atoms with Crippen molar-refractivity contribution in [1.82, 2.24) is 0 Å². The van der Waals surface area contributed by atoms with E-state index in [1.54, 1.807) is 10.6 Å². The van der Waals surface area contributed by atoms with E-state index < -0.39 is 0 Å². The second-order valence-corrected chi connectivity index (χ2v) is 16.7. The Morgan fingerprint density at radius 1 is 0.541 bits per heavy atom. The maximum absolute atomic E-state index is 2.43. The number of fused-ring (bicyclic) bond motifs is 2. The smallest absolute Gasteiger partial charge is 0.161 e. The first-order valence-corrected chi connectivity index (χ1v) is 17.2. The Balaban J connectivity index is 0.000000253. The third kappa shape index (κ3) is 8.12. The van der Waals surface area contributed by atoms with Crippen LogP contribution in [0.25, 0.3) is 21.5 Å². The summed E-state index contributed by atoms with van der Waals surface area (Å²) in [4.78, 5) is 0. The maximum atomic E-state index is 2.43. The summed E-state index contributed by atoms with van der Waals surface area (Å²) in [6.07, 6.45) is 5.16. The molecule has 0 aliphatic carbocycles. The molecule has 4 rings (SSSR count). The molecule has 0 radical (unpaired) electrons. The molecule has 0 nitrogen and oxygen atoms in total. The Morgan fingerprint density at radius 2 is 0.838 bits per heavy atom. The molecule has 198 valence electrons. The predicted molar refractivity (Wildman–Crippen MR) is 171 cm³/mol. The van der Waals surface area contributed by atoms with E-state index in [-0.39, 0.29) is 37.6 Å². The van der Waals surface area contributed by atoms with Gasteiger partial charge in [0, 0.05) is 0 Å². The molecule has 4 aromatic rings. The summed E-state index contributed by atoms with van der Waals surface area (Å²) in [6.45, 7) is 19.0. The van der Waals surface area contributed by atoms with Gasteiger partial charge < -0.3 is 0 Å². The average molecular weight is 567 g/mol. The van der Waals surface area contributed by atoms with Crippen LogP contribution in [-0.4, -0.2) is 22.6 Å². The topological polar surface area (TPSA) is 0 Å². The van der Waals surface area contributed by atoms with E-state index in [0.29, 0.717) is 0 Å². The van der Waals surface area contributed by atoms with Crippen LogP contribution in [0, 0.1) is 0 Å². The van der Waals surface area contributed by atoms with Crippen LogP contribution >= 0.6 is 15.8 Å². The predicted octanol–water partition coefficient (Wildman–Crippen LogP) is 10.5. The molecule has 0 aliphatic heterocycles. The van der Waals surface area contributed by atoms with Crippen LogP contribution in [0.1, 0.15) is 81.1 Å². The summed E-state index contributed by atoms with van der Waals surface area (Å²) in [5, 5.41) is 8.85. The molecule has 0 aromatic heterocycles. The van der Waals surface area contributed by atoms with Gasteiger partial charge >= 0.3 is 21.7 Å². The van der Waals surface area contributed by atoms with Crippen LogP contribution in [-0.2, 0) is 21.7 Å². The normalized spacial score (nSPS) is 16.2. The Bertz CT molecular complexity index is 1010. The molecule has 0 aliphatic rings. The van der Waals surface area contributed by atoms with Gasteiger partial charge in [-0.25, -0.2) is 0 Å². The standard InChI is InChI=1S/2C17H24P.Ti/c2*1-5-13(3)18(14(4)6-2)17-11-15-9-7-8-10-16(15)12-17;/h2*7-14H,5-6H2,1-4H3;/q2*-1;+2. The first-order valence-electron chi connectivity index (χ1n) is 14.2. The fourth-order valence-electron chi connectivity index (χ4n) is 5.24. The van der Waals surface area contributed by atoms with Crippen LogP contribution < -0.4 is 10.6 Å². The zero-order chi connectivity index (χ0) is 26.2. The molecule has 37 heavy (non-hydrogen) atoms. The van der Waals surface area contributed by atoms with Gasteiger partial charge in [0.2, 0.25) is 0 Å². The van der Waals surface area contributed by atoms with Crippen molar-refractivity contribution in [2.45, 2.75) is 104 Å². The Hall–Kier alpha value is -0.766. The molecule has 0 fully saturated rings. The van der Waals surface area contributed by atoms with Gasteiger partial charge in [-0.1, -0.05) is 83.4 Å². The number of hydrogen-bond donors (Lipinski definition) is 0. The van der Waals surface area contributed by atoms with Crippen LogP contribution in [0.4, 0.5) is 0 Å². The molecule has 0 heterocycles. The van der Waals surface area contributed by atoms with Crippen LogP contribution in [0.15, 0.2) is 72.8 Å². The minimum Gasteiger partial charge on any atom is -0.161 e. The van der Waals surface area contributed by atoms with Crippen LogP contribution in [0.2, 0.25) is 0 Å². The average Bonchev–Trinajstić information content (AvgIpc) is 3.52. The molecule has 0 saturated heterocycles. The van der Waals surface area contributed by atoms with Crippen molar-refractivity contribution in [1.29, 1.82) is 0 Å². The summed E-state index contributed by atoms with van der Waals surface area (Å²) >= 11 is 0. The molecule has 0 amide bonds. The van der Waals surface area contributed by atoms with Crippen molar-refractivity contribution < 1.29 is 21.7 Å². The Kier molecular flexibility index (Phi) is 13.8. The summed E-state index contributed by atoms with van der Waals surface area (Å²) in [5.74, 6) is 0. The van der Waals surface area contributed by atoms with Gasteiger partial charge in [-0.2, -0.15) is 12.1 Å². The van der Waals surface area contributed by atoms with Gasteiger partial charge in [0.1, 0.15) is 0 Å². The first-order chi connectivity index (χ1) is 17.3. The van der Waals surface area contributed by atoms with Crippen molar-refractivity contribution >= 4 is 48.0 Å². The second-order valence-electron chi connectivity index (χ2n) is 10.5. The first kappa shape index (κ1) is 32.4. The molecule has 3 heteroatoms. The van der Waals surface area contributed by atoms with Gasteiger partial charge in [0.15, 0.2) is 0 Å². The van der Waals surface area contributed by atoms with E-state index >= 15 is 0 Å². The molecule has 4 atom stereocenters. The van der Waals surface area contributed by atoms with Gasteiger partial charge in [-0.05, 0) is 48.3 Å². The molecule has 0 spiro atoms.